The Balaban J connectivity index is 2.85. The van der Waals surface area contributed by atoms with Gasteiger partial charge in [0.25, 0.3) is 5.92 Å². The molecule has 1 unspecified atom stereocenters. The molecule has 0 aliphatic carbocycles. The third-order valence-electron chi connectivity index (χ3n) is 2.35. The van der Waals surface area contributed by atoms with Crippen LogP contribution in [0.3, 0.4) is 0 Å². The van der Waals surface area contributed by atoms with Crippen molar-refractivity contribution in [2.45, 2.75) is 31.7 Å². The third kappa shape index (κ3) is 1.42. The highest BCUT2D eigenvalue weighted by Gasteiger charge is 2.51. The number of likely N-dealkylation sites (tertiary alicyclic amines) is 1. The second-order valence-electron chi connectivity index (χ2n) is 3.43. The van der Waals surface area contributed by atoms with E-state index in [0.717, 1.165) is 0 Å². The van der Waals surface area contributed by atoms with Gasteiger partial charge in [0.15, 0.2) is 0 Å². The van der Waals surface area contributed by atoms with Gasteiger partial charge in [-0.3, -0.25) is 4.90 Å². The summed E-state index contributed by atoms with van der Waals surface area (Å²) < 4.78 is 25.7. The molecule has 68 valence electrons. The number of nitriles is 1. The highest BCUT2D eigenvalue weighted by Crippen LogP contribution is 2.38. The van der Waals surface area contributed by atoms with Crippen LogP contribution in [0.4, 0.5) is 8.78 Å². The average molecular weight is 174 g/mol. The van der Waals surface area contributed by atoms with E-state index < -0.39 is 11.5 Å². The first-order valence-electron chi connectivity index (χ1n) is 3.98. The van der Waals surface area contributed by atoms with Gasteiger partial charge in [-0.1, -0.05) is 6.92 Å². The van der Waals surface area contributed by atoms with Crippen LogP contribution in [0.2, 0.25) is 0 Å². The summed E-state index contributed by atoms with van der Waals surface area (Å²) in [5.74, 6) is -2.69. The first-order valence-corrected chi connectivity index (χ1v) is 3.98. The van der Waals surface area contributed by atoms with Crippen molar-refractivity contribution in [2.75, 3.05) is 13.1 Å². The fourth-order valence-electron chi connectivity index (χ4n) is 1.70. The van der Waals surface area contributed by atoms with Gasteiger partial charge in [-0.05, 0) is 13.5 Å². The smallest absolute Gasteiger partial charge is 0.263 e. The molecule has 1 saturated heterocycles. The molecule has 0 bridgehead atoms. The molecule has 0 spiro atoms. The molecule has 1 rings (SSSR count). The topological polar surface area (TPSA) is 27.0 Å². The summed E-state index contributed by atoms with van der Waals surface area (Å²) >= 11 is 0. The maximum Gasteiger partial charge on any atom is 0.263 e. The quantitative estimate of drug-likeness (QED) is 0.604. The predicted molar refractivity (Wildman–Crippen MR) is 40.8 cm³/mol. The van der Waals surface area contributed by atoms with Gasteiger partial charge in [-0.25, -0.2) is 8.78 Å². The standard InChI is InChI=1S/C8H12F2N2/c1-3-12-6-8(9,10)4-7(12,2)5-11/h3-4,6H2,1-2H3. The number of halogens is 2. The number of hydrogen-bond donors (Lipinski definition) is 0. The van der Waals surface area contributed by atoms with Gasteiger partial charge in [-0.2, -0.15) is 5.26 Å². The fraction of sp³-hybridized carbons (Fsp3) is 0.875. The van der Waals surface area contributed by atoms with Crippen LogP contribution in [0.1, 0.15) is 20.3 Å². The predicted octanol–water partition coefficient (Wildman–Crippen LogP) is 1.63. The molecule has 2 nitrogen and oxygen atoms in total. The normalized spacial score (nSPS) is 34.9. The molecule has 0 aromatic carbocycles. The Morgan fingerprint density at radius 1 is 1.58 bits per heavy atom. The van der Waals surface area contributed by atoms with Gasteiger partial charge in [0.2, 0.25) is 0 Å². The molecule has 1 atom stereocenters. The van der Waals surface area contributed by atoms with E-state index in [0.29, 0.717) is 6.54 Å². The van der Waals surface area contributed by atoms with Crippen LogP contribution < -0.4 is 0 Å². The highest BCUT2D eigenvalue weighted by molar-refractivity contribution is 5.12. The summed E-state index contributed by atoms with van der Waals surface area (Å²) in [7, 11) is 0. The van der Waals surface area contributed by atoms with Crippen LogP contribution in [0.25, 0.3) is 0 Å². The van der Waals surface area contributed by atoms with Crippen molar-refractivity contribution in [2.24, 2.45) is 0 Å². The van der Waals surface area contributed by atoms with Crippen molar-refractivity contribution >= 4 is 0 Å². The van der Waals surface area contributed by atoms with E-state index in [1.807, 2.05) is 6.07 Å². The van der Waals surface area contributed by atoms with Crippen molar-refractivity contribution in [1.29, 1.82) is 5.26 Å². The fourth-order valence-corrected chi connectivity index (χ4v) is 1.70. The Morgan fingerprint density at radius 3 is 2.50 bits per heavy atom. The zero-order chi connectivity index (χ0) is 9.41. The van der Waals surface area contributed by atoms with Crippen molar-refractivity contribution in [3.63, 3.8) is 0 Å². The van der Waals surface area contributed by atoms with Crippen LogP contribution in [0.5, 0.6) is 0 Å². The first kappa shape index (κ1) is 9.40. The minimum atomic E-state index is -2.69. The molecule has 1 fully saturated rings. The Kier molecular flexibility index (Phi) is 2.09. The van der Waals surface area contributed by atoms with E-state index in [4.69, 9.17) is 5.26 Å². The molecular formula is C8H12F2N2. The summed E-state index contributed by atoms with van der Waals surface area (Å²) in [4.78, 5) is 1.52. The minimum absolute atomic E-state index is 0.284. The molecule has 0 saturated carbocycles. The maximum atomic E-state index is 12.9. The van der Waals surface area contributed by atoms with E-state index >= 15 is 0 Å². The molecule has 1 aliphatic rings. The number of alkyl halides is 2. The van der Waals surface area contributed by atoms with Crippen LogP contribution >= 0.6 is 0 Å². The average Bonchev–Trinajstić information content (AvgIpc) is 2.22. The molecule has 4 heteroatoms. The summed E-state index contributed by atoms with van der Waals surface area (Å²) in [6, 6.07) is 1.94. The molecule has 12 heavy (non-hydrogen) atoms. The first-order chi connectivity index (χ1) is 5.43. The van der Waals surface area contributed by atoms with Gasteiger partial charge >= 0.3 is 0 Å². The zero-order valence-electron chi connectivity index (χ0n) is 7.27. The van der Waals surface area contributed by atoms with Crippen LogP contribution in [0, 0.1) is 11.3 Å². The summed E-state index contributed by atoms with van der Waals surface area (Å²) in [5, 5.41) is 8.73. The SMILES string of the molecule is CCN1CC(F)(F)CC1(C)C#N. The largest absolute Gasteiger partial charge is 0.280 e. The summed E-state index contributed by atoms with van der Waals surface area (Å²) in [5.41, 5.74) is -0.974. The van der Waals surface area contributed by atoms with Crippen molar-refractivity contribution in [1.82, 2.24) is 4.90 Å². The second kappa shape index (κ2) is 2.67. The Hall–Kier alpha value is -0.690. The third-order valence-corrected chi connectivity index (χ3v) is 2.35. The number of nitrogens with zero attached hydrogens (tertiary/aromatic N) is 2. The Labute approximate surface area is 70.8 Å². The molecule has 0 aromatic heterocycles. The number of rotatable bonds is 1. The molecule has 0 amide bonds. The van der Waals surface area contributed by atoms with E-state index in [1.165, 1.54) is 4.90 Å². The molecule has 0 N–H and O–H groups in total. The Bertz CT molecular complexity index is 222. The van der Waals surface area contributed by atoms with Gasteiger partial charge in [0.05, 0.1) is 12.6 Å². The van der Waals surface area contributed by atoms with Crippen LogP contribution in [-0.2, 0) is 0 Å². The highest BCUT2D eigenvalue weighted by atomic mass is 19.3. The lowest BCUT2D eigenvalue weighted by molar-refractivity contribution is 0.0122. The minimum Gasteiger partial charge on any atom is -0.280 e. The molecular weight excluding hydrogens is 162 g/mol. The van der Waals surface area contributed by atoms with E-state index in [1.54, 1.807) is 13.8 Å². The monoisotopic (exact) mass is 174 g/mol. The molecule has 0 radical (unpaired) electrons. The second-order valence-corrected chi connectivity index (χ2v) is 3.43. The van der Waals surface area contributed by atoms with Crippen LogP contribution in [-0.4, -0.2) is 29.5 Å². The summed E-state index contributed by atoms with van der Waals surface area (Å²) in [6.45, 7) is 3.57. The lowest BCUT2D eigenvalue weighted by Gasteiger charge is -2.25. The van der Waals surface area contributed by atoms with Crippen molar-refractivity contribution < 1.29 is 8.78 Å². The van der Waals surface area contributed by atoms with Gasteiger partial charge in [0, 0.05) is 6.42 Å². The van der Waals surface area contributed by atoms with Crippen molar-refractivity contribution in [3.8, 4) is 6.07 Å². The lowest BCUT2D eigenvalue weighted by Crippen LogP contribution is -2.39. The van der Waals surface area contributed by atoms with Gasteiger partial charge in [-0.15, -0.1) is 0 Å². The zero-order valence-corrected chi connectivity index (χ0v) is 7.27. The van der Waals surface area contributed by atoms with E-state index in [9.17, 15) is 8.78 Å². The van der Waals surface area contributed by atoms with Crippen molar-refractivity contribution in [3.05, 3.63) is 0 Å². The Morgan fingerprint density at radius 2 is 2.17 bits per heavy atom. The van der Waals surface area contributed by atoms with Crippen LogP contribution in [0.15, 0.2) is 0 Å². The maximum absolute atomic E-state index is 12.9. The number of hydrogen-bond acceptors (Lipinski definition) is 2. The molecule has 0 aromatic rings. The molecule has 1 aliphatic heterocycles. The summed E-state index contributed by atoms with van der Waals surface area (Å²) in [6.07, 6.45) is -0.343. The van der Waals surface area contributed by atoms with Gasteiger partial charge in [0.1, 0.15) is 5.54 Å². The van der Waals surface area contributed by atoms with Gasteiger partial charge < -0.3 is 0 Å². The van der Waals surface area contributed by atoms with E-state index in [2.05, 4.69) is 0 Å². The lowest BCUT2D eigenvalue weighted by atomic mass is 10.0. The van der Waals surface area contributed by atoms with E-state index in [-0.39, 0.29) is 13.0 Å². The molecule has 1 heterocycles.